The zero-order valence-electron chi connectivity index (χ0n) is 8.34. The molecule has 0 aromatic carbocycles. The van der Waals surface area contributed by atoms with E-state index in [2.05, 4.69) is 20.8 Å². The zero-order valence-corrected chi connectivity index (χ0v) is 9.93. The van der Waals surface area contributed by atoms with Crippen molar-refractivity contribution in [2.24, 2.45) is 5.92 Å². The molecule has 0 N–H and O–H groups in total. The minimum absolute atomic E-state index is 0.941. The van der Waals surface area contributed by atoms with Gasteiger partial charge in [0.2, 0.25) is 0 Å². The molecule has 0 heterocycles. The highest BCUT2D eigenvalue weighted by molar-refractivity contribution is 9.09. The topological polar surface area (TPSA) is 3.24 Å². The van der Waals surface area contributed by atoms with Gasteiger partial charge in [-0.15, -0.1) is 0 Å². The SMILES string of the molecule is BrCCN(CCC1CC1)C1CCC1. The Hall–Kier alpha value is 0.440. The van der Waals surface area contributed by atoms with Gasteiger partial charge >= 0.3 is 0 Å². The Kier molecular flexibility index (Phi) is 3.67. The monoisotopic (exact) mass is 245 g/mol. The first-order valence-corrected chi connectivity index (χ1v) is 6.82. The molecular formula is C11H20BrN. The summed E-state index contributed by atoms with van der Waals surface area (Å²) in [6.07, 6.45) is 8.85. The standard InChI is InChI=1S/C11H20BrN/c12-7-9-13(11-2-1-3-11)8-6-10-4-5-10/h10-11H,1-9H2. The minimum atomic E-state index is 0.941. The fourth-order valence-electron chi connectivity index (χ4n) is 2.09. The summed E-state index contributed by atoms with van der Waals surface area (Å²) < 4.78 is 0. The van der Waals surface area contributed by atoms with Crippen molar-refractivity contribution in [3.05, 3.63) is 0 Å². The Morgan fingerprint density at radius 1 is 1.08 bits per heavy atom. The molecule has 2 aliphatic carbocycles. The van der Waals surface area contributed by atoms with Gasteiger partial charge in [-0.2, -0.15) is 0 Å². The van der Waals surface area contributed by atoms with Crippen LogP contribution in [-0.2, 0) is 0 Å². The Balaban J connectivity index is 1.67. The van der Waals surface area contributed by atoms with Crippen LogP contribution in [0, 0.1) is 5.92 Å². The minimum Gasteiger partial charge on any atom is -0.300 e. The first kappa shape index (κ1) is 9.97. The molecule has 0 atom stereocenters. The third kappa shape index (κ3) is 2.95. The molecule has 0 spiro atoms. The summed E-state index contributed by atoms with van der Waals surface area (Å²) in [6.45, 7) is 2.62. The molecule has 0 unspecified atom stereocenters. The lowest BCUT2D eigenvalue weighted by Gasteiger charge is -2.37. The second-order valence-corrected chi connectivity index (χ2v) is 5.33. The van der Waals surface area contributed by atoms with E-state index in [4.69, 9.17) is 0 Å². The molecule has 2 saturated carbocycles. The smallest absolute Gasteiger partial charge is 0.0159 e. The maximum atomic E-state index is 3.55. The summed E-state index contributed by atoms with van der Waals surface area (Å²) >= 11 is 3.55. The molecule has 76 valence electrons. The number of hydrogen-bond acceptors (Lipinski definition) is 1. The number of rotatable bonds is 6. The molecule has 0 bridgehead atoms. The van der Waals surface area contributed by atoms with Gasteiger partial charge in [0, 0.05) is 17.9 Å². The van der Waals surface area contributed by atoms with Crippen molar-refractivity contribution in [3.8, 4) is 0 Å². The van der Waals surface area contributed by atoms with E-state index in [9.17, 15) is 0 Å². The van der Waals surface area contributed by atoms with Crippen LogP contribution in [-0.4, -0.2) is 29.4 Å². The normalized spacial score (nSPS) is 23.5. The number of alkyl halides is 1. The van der Waals surface area contributed by atoms with Crippen LogP contribution in [0.4, 0.5) is 0 Å². The van der Waals surface area contributed by atoms with Crippen LogP contribution in [0.15, 0.2) is 0 Å². The quantitative estimate of drug-likeness (QED) is 0.651. The Labute approximate surface area is 90.0 Å². The van der Waals surface area contributed by atoms with Crippen molar-refractivity contribution in [2.75, 3.05) is 18.4 Å². The molecular weight excluding hydrogens is 226 g/mol. The second-order valence-electron chi connectivity index (χ2n) is 4.54. The molecule has 2 aliphatic rings. The van der Waals surface area contributed by atoms with E-state index in [0.717, 1.165) is 17.3 Å². The van der Waals surface area contributed by atoms with Crippen molar-refractivity contribution in [3.63, 3.8) is 0 Å². The van der Waals surface area contributed by atoms with Gasteiger partial charge in [0.25, 0.3) is 0 Å². The van der Waals surface area contributed by atoms with Crippen molar-refractivity contribution >= 4 is 15.9 Å². The molecule has 2 rings (SSSR count). The summed E-state index contributed by atoms with van der Waals surface area (Å²) in [5.41, 5.74) is 0. The highest BCUT2D eigenvalue weighted by Crippen LogP contribution is 2.33. The van der Waals surface area contributed by atoms with E-state index in [1.54, 1.807) is 0 Å². The molecule has 0 saturated heterocycles. The van der Waals surface area contributed by atoms with Gasteiger partial charge in [0.05, 0.1) is 0 Å². The van der Waals surface area contributed by atoms with Gasteiger partial charge in [0.1, 0.15) is 0 Å². The third-order valence-electron chi connectivity index (χ3n) is 3.48. The molecule has 0 aromatic heterocycles. The van der Waals surface area contributed by atoms with Gasteiger partial charge in [-0.3, -0.25) is 4.90 Å². The van der Waals surface area contributed by atoms with Crippen LogP contribution >= 0.6 is 15.9 Å². The summed E-state index contributed by atoms with van der Waals surface area (Å²) in [7, 11) is 0. The molecule has 0 radical (unpaired) electrons. The number of nitrogens with zero attached hydrogens (tertiary/aromatic N) is 1. The van der Waals surface area contributed by atoms with Crippen molar-refractivity contribution in [2.45, 2.75) is 44.6 Å². The van der Waals surface area contributed by atoms with Crippen molar-refractivity contribution in [1.82, 2.24) is 4.90 Å². The van der Waals surface area contributed by atoms with Gasteiger partial charge in [-0.05, 0) is 31.7 Å². The average Bonchev–Trinajstić information content (AvgIpc) is 2.80. The predicted octanol–water partition coefficient (Wildman–Crippen LogP) is 3.04. The van der Waals surface area contributed by atoms with Gasteiger partial charge < -0.3 is 0 Å². The largest absolute Gasteiger partial charge is 0.300 e. The summed E-state index contributed by atoms with van der Waals surface area (Å²) in [5, 5.41) is 1.15. The fourth-order valence-corrected chi connectivity index (χ4v) is 2.55. The first-order valence-electron chi connectivity index (χ1n) is 5.70. The third-order valence-corrected chi connectivity index (χ3v) is 3.84. The summed E-state index contributed by atoms with van der Waals surface area (Å²) in [4.78, 5) is 2.70. The fraction of sp³-hybridized carbons (Fsp3) is 1.00. The Morgan fingerprint density at radius 2 is 1.85 bits per heavy atom. The van der Waals surface area contributed by atoms with Crippen LogP contribution in [0.3, 0.4) is 0 Å². The molecule has 2 heteroatoms. The van der Waals surface area contributed by atoms with E-state index >= 15 is 0 Å². The van der Waals surface area contributed by atoms with Crippen LogP contribution in [0.1, 0.15) is 38.5 Å². The van der Waals surface area contributed by atoms with Gasteiger partial charge in [0.15, 0.2) is 0 Å². The van der Waals surface area contributed by atoms with Crippen LogP contribution < -0.4 is 0 Å². The van der Waals surface area contributed by atoms with E-state index in [0.29, 0.717) is 0 Å². The van der Waals surface area contributed by atoms with E-state index in [1.807, 2.05) is 0 Å². The lowest BCUT2D eigenvalue weighted by molar-refractivity contribution is 0.132. The zero-order chi connectivity index (χ0) is 9.10. The molecule has 0 aliphatic heterocycles. The number of halogens is 1. The second kappa shape index (κ2) is 4.79. The summed E-state index contributed by atoms with van der Waals surface area (Å²) in [5.74, 6) is 1.10. The molecule has 2 fully saturated rings. The molecule has 13 heavy (non-hydrogen) atoms. The predicted molar refractivity (Wildman–Crippen MR) is 60.3 cm³/mol. The van der Waals surface area contributed by atoms with Gasteiger partial charge in [-0.1, -0.05) is 35.2 Å². The van der Waals surface area contributed by atoms with E-state index in [1.165, 1.54) is 51.6 Å². The molecule has 0 aromatic rings. The van der Waals surface area contributed by atoms with Crippen molar-refractivity contribution in [1.29, 1.82) is 0 Å². The highest BCUT2D eigenvalue weighted by atomic mass is 79.9. The van der Waals surface area contributed by atoms with Gasteiger partial charge in [-0.25, -0.2) is 0 Å². The van der Waals surface area contributed by atoms with Crippen molar-refractivity contribution < 1.29 is 0 Å². The Morgan fingerprint density at radius 3 is 2.31 bits per heavy atom. The van der Waals surface area contributed by atoms with E-state index < -0.39 is 0 Å². The average molecular weight is 246 g/mol. The van der Waals surface area contributed by atoms with E-state index in [-0.39, 0.29) is 0 Å². The highest BCUT2D eigenvalue weighted by Gasteiger charge is 2.27. The number of hydrogen-bond donors (Lipinski definition) is 0. The molecule has 1 nitrogen and oxygen atoms in total. The first-order chi connectivity index (χ1) is 6.40. The lowest BCUT2D eigenvalue weighted by Crippen LogP contribution is -2.41. The van der Waals surface area contributed by atoms with Crippen LogP contribution in [0.5, 0.6) is 0 Å². The summed E-state index contributed by atoms with van der Waals surface area (Å²) in [6, 6.07) is 0.941. The lowest BCUT2D eigenvalue weighted by atomic mass is 9.91. The molecule has 0 amide bonds. The Bertz CT molecular complexity index is 152. The van der Waals surface area contributed by atoms with Crippen LogP contribution in [0.2, 0.25) is 0 Å². The maximum Gasteiger partial charge on any atom is 0.0159 e. The van der Waals surface area contributed by atoms with Crippen LogP contribution in [0.25, 0.3) is 0 Å². The maximum absolute atomic E-state index is 3.55.